The predicted octanol–water partition coefficient (Wildman–Crippen LogP) is 4.00. The molecule has 0 fully saturated rings. The summed E-state index contributed by atoms with van der Waals surface area (Å²) in [5, 5.41) is 0. The molecule has 0 saturated carbocycles. The topological polar surface area (TPSA) is 52.6 Å². The van der Waals surface area contributed by atoms with Gasteiger partial charge in [0.25, 0.3) is 6.29 Å². The van der Waals surface area contributed by atoms with Crippen LogP contribution in [0.3, 0.4) is 0 Å². The van der Waals surface area contributed by atoms with Gasteiger partial charge < -0.3 is 9.47 Å². The van der Waals surface area contributed by atoms with Gasteiger partial charge in [0, 0.05) is 17.2 Å². The first-order valence-electron chi connectivity index (χ1n) is 7.92. The summed E-state index contributed by atoms with van der Waals surface area (Å²) in [7, 11) is 0. The van der Waals surface area contributed by atoms with Crippen molar-refractivity contribution in [3.8, 4) is 0 Å². The normalized spacial score (nSPS) is 24.7. The van der Waals surface area contributed by atoms with E-state index in [0.29, 0.717) is 11.1 Å². The van der Waals surface area contributed by atoms with Crippen molar-refractivity contribution in [1.29, 1.82) is 0 Å². The van der Waals surface area contributed by atoms with Crippen molar-refractivity contribution in [1.82, 2.24) is 0 Å². The van der Waals surface area contributed by atoms with Crippen molar-refractivity contribution >= 4 is 12.3 Å². The zero-order valence-corrected chi connectivity index (χ0v) is 14.2. The maximum Gasteiger partial charge on any atom is 0.336 e. The molecule has 0 radical (unpaired) electrons. The molecule has 124 valence electrons. The van der Waals surface area contributed by atoms with Gasteiger partial charge in [-0.15, -0.1) is 0 Å². The number of esters is 1. The molecule has 4 nitrogen and oxygen atoms in total. The first-order chi connectivity index (χ1) is 10.8. The Bertz CT molecular complexity index is 617. The Hall–Kier alpha value is -2.10. The number of rotatable bonds is 5. The van der Waals surface area contributed by atoms with E-state index in [0.717, 1.165) is 19.1 Å². The van der Waals surface area contributed by atoms with E-state index in [4.69, 9.17) is 9.47 Å². The second-order valence-corrected chi connectivity index (χ2v) is 6.76. The number of hydrogen-bond donors (Lipinski definition) is 0. The lowest BCUT2D eigenvalue weighted by molar-refractivity contribution is -0.152. The van der Waals surface area contributed by atoms with Crippen molar-refractivity contribution in [2.45, 2.75) is 53.2 Å². The van der Waals surface area contributed by atoms with Crippen molar-refractivity contribution < 1.29 is 19.1 Å². The van der Waals surface area contributed by atoms with Crippen LogP contribution in [0.4, 0.5) is 0 Å². The molecule has 1 atom stereocenters. The van der Waals surface area contributed by atoms with Crippen LogP contribution in [-0.2, 0) is 19.1 Å². The monoisotopic (exact) mass is 316 g/mol. The molecule has 4 heteroatoms. The van der Waals surface area contributed by atoms with Gasteiger partial charge in [-0.1, -0.05) is 25.5 Å². The van der Waals surface area contributed by atoms with Gasteiger partial charge in [0.05, 0.1) is 6.26 Å². The summed E-state index contributed by atoms with van der Waals surface area (Å²) in [5.41, 5.74) is 3.68. The number of hydrogen-bond acceptors (Lipinski definition) is 4. The molecule has 1 aliphatic heterocycles. The van der Waals surface area contributed by atoms with E-state index < -0.39 is 12.3 Å². The second kappa shape index (κ2) is 6.99. The number of carbonyl (C=O) groups is 2. The molecule has 2 aliphatic rings. The maximum absolute atomic E-state index is 11.3. The van der Waals surface area contributed by atoms with Gasteiger partial charge >= 0.3 is 5.97 Å². The van der Waals surface area contributed by atoms with E-state index in [1.165, 1.54) is 23.8 Å². The van der Waals surface area contributed by atoms with Gasteiger partial charge in [-0.3, -0.25) is 4.79 Å². The second-order valence-electron chi connectivity index (χ2n) is 6.76. The minimum absolute atomic E-state index is 0.120. The summed E-state index contributed by atoms with van der Waals surface area (Å²) in [6.07, 6.45) is 10.1. The summed E-state index contributed by atoms with van der Waals surface area (Å²) >= 11 is 0. The lowest BCUT2D eigenvalue weighted by Gasteiger charge is -2.32. The smallest absolute Gasteiger partial charge is 0.336 e. The zero-order chi connectivity index (χ0) is 17.0. The molecule has 0 N–H and O–H groups in total. The zero-order valence-electron chi connectivity index (χ0n) is 14.2. The Labute approximate surface area is 137 Å². The minimum Gasteiger partial charge on any atom is -0.458 e. The van der Waals surface area contributed by atoms with E-state index in [1.54, 1.807) is 19.1 Å². The maximum atomic E-state index is 11.3. The lowest BCUT2D eigenvalue weighted by atomic mass is 9.72. The molecule has 0 spiro atoms. The third kappa shape index (κ3) is 4.21. The highest BCUT2D eigenvalue weighted by Crippen LogP contribution is 2.40. The molecule has 0 aromatic rings. The highest BCUT2D eigenvalue weighted by Gasteiger charge is 2.26. The van der Waals surface area contributed by atoms with E-state index in [1.807, 2.05) is 6.08 Å². The van der Waals surface area contributed by atoms with Gasteiger partial charge in [-0.2, -0.15) is 0 Å². The van der Waals surface area contributed by atoms with Crippen LogP contribution in [0, 0.1) is 5.41 Å². The van der Waals surface area contributed by atoms with Crippen LogP contribution in [0.5, 0.6) is 0 Å². The molecule has 0 bridgehead atoms. The van der Waals surface area contributed by atoms with Gasteiger partial charge in [0.1, 0.15) is 0 Å². The molecule has 0 aromatic heterocycles. The molecule has 23 heavy (non-hydrogen) atoms. The average molecular weight is 316 g/mol. The average Bonchev–Trinajstić information content (AvgIpc) is 2.79. The van der Waals surface area contributed by atoms with E-state index >= 15 is 0 Å². The highest BCUT2D eigenvalue weighted by atomic mass is 16.7. The fraction of sp³-hybridized carbons (Fsp3) is 0.474. The Kier molecular flexibility index (Phi) is 5.24. The Morgan fingerprint density at radius 1 is 1.39 bits per heavy atom. The largest absolute Gasteiger partial charge is 0.458 e. The highest BCUT2D eigenvalue weighted by molar-refractivity contribution is 5.90. The van der Waals surface area contributed by atoms with Crippen molar-refractivity contribution in [3.63, 3.8) is 0 Å². The van der Waals surface area contributed by atoms with E-state index in [2.05, 4.69) is 20.8 Å². The third-order valence-corrected chi connectivity index (χ3v) is 4.39. The molecular formula is C19H24O4. The first-order valence-corrected chi connectivity index (χ1v) is 7.92. The van der Waals surface area contributed by atoms with Gasteiger partial charge in [-0.25, -0.2) is 4.79 Å². The summed E-state index contributed by atoms with van der Waals surface area (Å²) in [6.45, 7) is 8.26. The summed E-state index contributed by atoms with van der Waals surface area (Å²) in [6, 6.07) is 0. The number of allylic oxidation sites excluding steroid dienone is 5. The van der Waals surface area contributed by atoms with Crippen LogP contribution in [0.2, 0.25) is 0 Å². The standard InChI is InChI=1S/C19H24O4/c1-13-6-5-9-19(3,4)16(13)8-7-15(11-20)12-22-17-10-14(2)18(21)23-17/h7-8,10-12,17H,5-6,9H2,1-4H3/b8-7+,15-12+/t17-/m1/s1. The third-order valence-electron chi connectivity index (χ3n) is 4.39. The number of ether oxygens (including phenoxy) is 2. The van der Waals surface area contributed by atoms with Gasteiger partial charge in [0.15, 0.2) is 6.29 Å². The number of carbonyl (C=O) groups excluding carboxylic acids is 2. The number of cyclic esters (lactones) is 1. The van der Waals surface area contributed by atoms with Crippen LogP contribution in [0.1, 0.15) is 47.0 Å². The molecule has 1 heterocycles. The SMILES string of the molecule is CC1=C[C@H](O/C=C(C=O)\C=C\C2=C(C)CCCC2(C)C)OC1=O. The van der Waals surface area contributed by atoms with Crippen molar-refractivity contribution in [2.24, 2.45) is 5.41 Å². The Morgan fingerprint density at radius 3 is 2.70 bits per heavy atom. The van der Waals surface area contributed by atoms with Gasteiger partial charge in [-0.05, 0) is 50.2 Å². The molecule has 0 saturated heterocycles. The molecular weight excluding hydrogens is 292 g/mol. The fourth-order valence-corrected chi connectivity index (χ4v) is 3.01. The molecule has 2 rings (SSSR count). The predicted molar refractivity (Wildman–Crippen MR) is 88.3 cm³/mol. The quantitative estimate of drug-likeness (QED) is 0.253. The van der Waals surface area contributed by atoms with Crippen LogP contribution in [-0.4, -0.2) is 18.5 Å². The van der Waals surface area contributed by atoms with Crippen molar-refractivity contribution in [2.75, 3.05) is 0 Å². The van der Waals surface area contributed by atoms with Crippen LogP contribution < -0.4 is 0 Å². The van der Waals surface area contributed by atoms with Crippen LogP contribution >= 0.6 is 0 Å². The van der Waals surface area contributed by atoms with Crippen LogP contribution in [0.25, 0.3) is 0 Å². The lowest BCUT2D eigenvalue weighted by Crippen LogP contribution is -2.19. The molecule has 0 aromatic carbocycles. The first kappa shape index (κ1) is 17.3. The summed E-state index contributed by atoms with van der Waals surface area (Å²) in [4.78, 5) is 22.5. The Balaban J connectivity index is 2.08. The van der Waals surface area contributed by atoms with E-state index in [-0.39, 0.29) is 5.41 Å². The Morgan fingerprint density at radius 2 is 2.13 bits per heavy atom. The number of aldehydes is 1. The molecule has 0 unspecified atom stereocenters. The summed E-state index contributed by atoms with van der Waals surface area (Å²) in [5.74, 6) is -0.392. The minimum atomic E-state index is -0.752. The molecule has 0 amide bonds. The van der Waals surface area contributed by atoms with E-state index in [9.17, 15) is 9.59 Å². The van der Waals surface area contributed by atoms with Gasteiger partial charge in [0.2, 0.25) is 0 Å². The fourth-order valence-electron chi connectivity index (χ4n) is 3.01. The molecule has 1 aliphatic carbocycles. The van der Waals surface area contributed by atoms with Crippen molar-refractivity contribution in [3.05, 3.63) is 46.8 Å². The summed E-state index contributed by atoms with van der Waals surface area (Å²) < 4.78 is 10.3. The van der Waals surface area contributed by atoms with Crippen LogP contribution in [0.15, 0.2) is 46.8 Å².